The Hall–Kier alpha value is -2.33. The Labute approximate surface area is 143 Å². The quantitative estimate of drug-likeness (QED) is 0.790. The zero-order chi connectivity index (χ0) is 16.8. The van der Waals surface area contributed by atoms with Gasteiger partial charge in [0.2, 0.25) is 0 Å². The first-order chi connectivity index (χ1) is 11.8. The van der Waals surface area contributed by atoms with Gasteiger partial charge < -0.3 is 16.4 Å². The summed E-state index contributed by atoms with van der Waals surface area (Å²) in [6, 6.07) is 18.6. The number of hydrogen-bond donors (Lipinski definition) is 3. The maximum atomic E-state index is 12.2. The molecule has 1 aliphatic carbocycles. The predicted molar refractivity (Wildman–Crippen MR) is 96.5 cm³/mol. The van der Waals surface area contributed by atoms with Crippen molar-refractivity contribution in [3.8, 4) is 0 Å². The molecule has 0 spiro atoms. The maximum Gasteiger partial charge on any atom is 0.315 e. The number of amides is 2. The van der Waals surface area contributed by atoms with Crippen molar-refractivity contribution in [1.82, 2.24) is 10.6 Å². The topological polar surface area (TPSA) is 67.1 Å². The summed E-state index contributed by atoms with van der Waals surface area (Å²) in [6.07, 6.45) is 3.33. The van der Waals surface area contributed by atoms with E-state index in [2.05, 4.69) is 34.9 Å². The van der Waals surface area contributed by atoms with Gasteiger partial charge in [0.1, 0.15) is 0 Å². The van der Waals surface area contributed by atoms with Crippen LogP contribution in [0.4, 0.5) is 4.79 Å². The molecule has 3 rings (SSSR count). The second-order valence-corrected chi connectivity index (χ2v) is 6.40. The zero-order valence-corrected chi connectivity index (χ0v) is 13.9. The summed E-state index contributed by atoms with van der Waals surface area (Å²) in [4.78, 5) is 12.2. The Balaban J connectivity index is 1.52. The molecule has 4 N–H and O–H groups in total. The van der Waals surface area contributed by atoms with E-state index in [0.717, 1.165) is 30.4 Å². The van der Waals surface area contributed by atoms with E-state index in [1.807, 2.05) is 30.3 Å². The molecule has 1 fully saturated rings. The molecule has 0 heterocycles. The lowest BCUT2D eigenvalue weighted by molar-refractivity contribution is 0.235. The van der Waals surface area contributed by atoms with Crippen molar-refractivity contribution in [3.63, 3.8) is 0 Å². The van der Waals surface area contributed by atoms with Gasteiger partial charge in [-0.05, 0) is 29.5 Å². The molecule has 2 atom stereocenters. The highest BCUT2D eigenvalue weighted by Crippen LogP contribution is 2.34. The van der Waals surface area contributed by atoms with Crippen molar-refractivity contribution >= 4 is 6.03 Å². The highest BCUT2D eigenvalue weighted by Gasteiger charge is 2.29. The maximum absolute atomic E-state index is 12.2. The van der Waals surface area contributed by atoms with Gasteiger partial charge in [0.05, 0.1) is 0 Å². The van der Waals surface area contributed by atoms with Crippen LogP contribution in [-0.2, 0) is 13.1 Å². The monoisotopic (exact) mass is 323 g/mol. The van der Waals surface area contributed by atoms with Gasteiger partial charge in [-0.3, -0.25) is 0 Å². The number of hydrogen-bond acceptors (Lipinski definition) is 2. The van der Waals surface area contributed by atoms with Crippen molar-refractivity contribution < 1.29 is 4.79 Å². The van der Waals surface area contributed by atoms with Crippen molar-refractivity contribution in [3.05, 3.63) is 71.3 Å². The minimum absolute atomic E-state index is 0.0919. The van der Waals surface area contributed by atoms with E-state index in [0.29, 0.717) is 19.0 Å². The van der Waals surface area contributed by atoms with Crippen LogP contribution in [-0.4, -0.2) is 12.1 Å². The second-order valence-electron chi connectivity index (χ2n) is 6.40. The molecule has 0 radical (unpaired) electrons. The summed E-state index contributed by atoms with van der Waals surface area (Å²) >= 11 is 0. The fraction of sp³-hybridized carbons (Fsp3) is 0.350. The number of carbonyl (C=O) groups is 1. The van der Waals surface area contributed by atoms with E-state index in [4.69, 9.17) is 5.73 Å². The highest BCUT2D eigenvalue weighted by molar-refractivity contribution is 5.74. The highest BCUT2D eigenvalue weighted by atomic mass is 16.2. The summed E-state index contributed by atoms with van der Waals surface area (Å²) in [6.45, 7) is 1.07. The van der Waals surface area contributed by atoms with Gasteiger partial charge in [0.15, 0.2) is 0 Å². The van der Waals surface area contributed by atoms with Crippen molar-refractivity contribution in [2.75, 3.05) is 0 Å². The van der Waals surface area contributed by atoms with Crippen LogP contribution in [0.25, 0.3) is 0 Å². The summed E-state index contributed by atoms with van der Waals surface area (Å²) < 4.78 is 0. The molecule has 4 heteroatoms. The number of nitrogens with two attached hydrogens (primary N) is 1. The van der Waals surface area contributed by atoms with Gasteiger partial charge in [0.25, 0.3) is 0 Å². The van der Waals surface area contributed by atoms with Crippen LogP contribution in [0.3, 0.4) is 0 Å². The molecular weight excluding hydrogens is 298 g/mol. The van der Waals surface area contributed by atoms with Gasteiger partial charge in [-0.2, -0.15) is 0 Å². The molecule has 0 aromatic heterocycles. The number of rotatable bonds is 5. The van der Waals surface area contributed by atoms with Crippen LogP contribution in [0.2, 0.25) is 0 Å². The van der Waals surface area contributed by atoms with Crippen molar-refractivity contribution in [2.45, 2.75) is 44.3 Å². The molecule has 2 aromatic carbocycles. The summed E-state index contributed by atoms with van der Waals surface area (Å²) in [5.41, 5.74) is 9.09. The zero-order valence-electron chi connectivity index (χ0n) is 13.9. The van der Waals surface area contributed by atoms with Gasteiger partial charge in [-0.15, -0.1) is 0 Å². The number of urea groups is 1. The first kappa shape index (κ1) is 16.5. The van der Waals surface area contributed by atoms with Crippen LogP contribution < -0.4 is 16.4 Å². The lowest BCUT2D eigenvalue weighted by atomic mass is 9.94. The molecule has 1 aliphatic rings. The molecule has 0 unspecified atom stereocenters. The Kier molecular flexibility index (Phi) is 5.49. The largest absolute Gasteiger partial charge is 0.335 e. The lowest BCUT2D eigenvalue weighted by Gasteiger charge is -2.21. The van der Waals surface area contributed by atoms with Crippen LogP contribution in [0.15, 0.2) is 54.6 Å². The number of nitrogens with one attached hydrogen (secondary N) is 2. The molecule has 2 amide bonds. The van der Waals surface area contributed by atoms with E-state index in [1.165, 1.54) is 5.56 Å². The molecular formula is C20H25N3O. The fourth-order valence-electron chi connectivity index (χ4n) is 3.43. The van der Waals surface area contributed by atoms with E-state index >= 15 is 0 Å². The van der Waals surface area contributed by atoms with Crippen LogP contribution in [0.1, 0.15) is 41.9 Å². The summed E-state index contributed by atoms with van der Waals surface area (Å²) in [7, 11) is 0. The third kappa shape index (κ3) is 4.15. The number of carbonyl (C=O) groups excluding carboxylic acids is 1. The standard InChI is InChI=1S/C20H25N3O/c21-13-15-9-11-16(12-10-15)14-22-20(24)23-19-8-4-7-18(19)17-5-2-1-3-6-17/h1-3,5-6,9-12,18-19H,4,7-8,13-14,21H2,(H2,22,23,24)/t18-,19-/m1/s1. The summed E-state index contributed by atoms with van der Waals surface area (Å²) in [5, 5.41) is 6.10. The Bertz CT molecular complexity index is 654. The molecule has 0 saturated heterocycles. The molecule has 24 heavy (non-hydrogen) atoms. The first-order valence-corrected chi connectivity index (χ1v) is 8.63. The average molecular weight is 323 g/mol. The van der Waals surface area contributed by atoms with Crippen LogP contribution >= 0.6 is 0 Å². The minimum atomic E-state index is -0.0919. The lowest BCUT2D eigenvalue weighted by Crippen LogP contribution is -2.42. The average Bonchev–Trinajstić information content (AvgIpc) is 3.09. The van der Waals surface area contributed by atoms with Crippen LogP contribution in [0, 0.1) is 0 Å². The molecule has 126 valence electrons. The summed E-state index contributed by atoms with van der Waals surface area (Å²) in [5.74, 6) is 0.417. The molecule has 2 aromatic rings. The number of benzene rings is 2. The second kappa shape index (κ2) is 7.97. The van der Waals surface area contributed by atoms with E-state index in [9.17, 15) is 4.79 Å². The van der Waals surface area contributed by atoms with Gasteiger partial charge >= 0.3 is 6.03 Å². The molecule has 4 nitrogen and oxygen atoms in total. The van der Waals surface area contributed by atoms with E-state index < -0.39 is 0 Å². The van der Waals surface area contributed by atoms with Gasteiger partial charge in [-0.25, -0.2) is 4.79 Å². The SMILES string of the molecule is NCc1ccc(CNC(=O)N[C@@H]2CCC[C@@H]2c2ccccc2)cc1. The normalized spacial score (nSPS) is 19.9. The fourth-order valence-corrected chi connectivity index (χ4v) is 3.43. The smallest absolute Gasteiger partial charge is 0.315 e. The van der Waals surface area contributed by atoms with Gasteiger partial charge in [0, 0.05) is 25.0 Å². The first-order valence-electron chi connectivity index (χ1n) is 8.63. The Morgan fingerprint density at radius 1 is 1.00 bits per heavy atom. The minimum Gasteiger partial charge on any atom is -0.335 e. The molecule has 0 bridgehead atoms. The Morgan fingerprint density at radius 3 is 2.42 bits per heavy atom. The van der Waals surface area contributed by atoms with Crippen LogP contribution in [0.5, 0.6) is 0 Å². The Morgan fingerprint density at radius 2 is 1.71 bits per heavy atom. The van der Waals surface area contributed by atoms with Crippen molar-refractivity contribution in [2.24, 2.45) is 5.73 Å². The predicted octanol–water partition coefficient (Wildman–Crippen LogP) is 3.28. The third-order valence-corrected chi connectivity index (χ3v) is 4.77. The third-order valence-electron chi connectivity index (χ3n) is 4.77. The molecule has 1 saturated carbocycles. The van der Waals surface area contributed by atoms with E-state index in [1.54, 1.807) is 0 Å². The van der Waals surface area contributed by atoms with E-state index in [-0.39, 0.29) is 12.1 Å². The van der Waals surface area contributed by atoms with Crippen molar-refractivity contribution in [1.29, 1.82) is 0 Å². The molecule has 0 aliphatic heterocycles. The van der Waals surface area contributed by atoms with Gasteiger partial charge in [-0.1, -0.05) is 61.0 Å².